The quantitative estimate of drug-likeness (QED) is 0.399. The minimum absolute atomic E-state index is 0. The smallest absolute Gasteiger partial charge is 0.191 e. The average molecular weight is 444 g/mol. The number of benzene rings is 1. The molecule has 4 nitrogen and oxygen atoms in total. The summed E-state index contributed by atoms with van der Waals surface area (Å²) in [6.07, 6.45) is 6.59. The number of halogens is 1. The molecule has 0 aromatic heterocycles. The first-order chi connectivity index (χ1) is 11.2. The second-order valence-corrected chi connectivity index (χ2v) is 6.73. The van der Waals surface area contributed by atoms with Gasteiger partial charge in [0.2, 0.25) is 0 Å². The van der Waals surface area contributed by atoms with Crippen molar-refractivity contribution in [3.63, 3.8) is 0 Å². The van der Waals surface area contributed by atoms with Gasteiger partial charge in [0.1, 0.15) is 0 Å². The lowest BCUT2D eigenvalue weighted by molar-refractivity contribution is 0.402. The molecule has 24 heavy (non-hydrogen) atoms. The van der Waals surface area contributed by atoms with Gasteiger partial charge in [0.15, 0.2) is 5.96 Å². The van der Waals surface area contributed by atoms with Crippen molar-refractivity contribution in [3.8, 4) is 0 Å². The van der Waals surface area contributed by atoms with Crippen LogP contribution in [-0.4, -0.2) is 37.5 Å². The molecule has 0 amide bonds. The summed E-state index contributed by atoms with van der Waals surface area (Å²) in [4.78, 5) is 6.94. The van der Waals surface area contributed by atoms with Crippen molar-refractivity contribution in [1.82, 2.24) is 15.5 Å². The van der Waals surface area contributed by atoms with Gasteiger partial charge in [0.25, 0.3) is 0 Å². The van der Waals surface area contributed by atoms with Crippen LogP contribution in [0.2, 0.25) is 0 Å². The summed E-state index contributed by atoms with van der Waals surface area (Å²) >= 11 is 0. The van der Waals surface area contributed by atoms with E-state index in [1.807, 2.05) is 0 Å². The SMILES string of the molecule is CCNC(=NCc1ccc(CN(C)C)cc1)NC1CCCCC1.I. The molecule has 0 heterocycles. The molecule has 0 atom stereocenters. The predicted octanol–water partition coefficient (Wildman–Crippen LogP) is 3.75. The number of rotatable bonds is 6. The summed E-state index contributed by atoms with van der Waals surface area (Å²) in [7, 11) is 4.19. The lowest BCUT2D eigenvalue weighted by Crippen LogP contribution is -2.44. The van der Waals surface area contributed by atoms with Crippen LogP contribution in [0.25, 0.3) is 0 Å². The Balaban J connectivity index is 0.00000288. The van der Waals surface area contributed by atoms with Gasteiger partial charge in [0.05, 0.1) is 6.54 Å². The standard InChI is InChI=1S/C19H32N4.HI/c1-4-20-19(22-18-8-6-5-7-9-18)21-14-16-10-12-17(13-11-16)15-23(2)3;/h10-13,18H,4-9,14-15H2,1-3H3,(H2,20,21,22);1H. The summed E-state index contributed by atoms with van der Waals surface area (Å²) in [6, 6.07) is 9.36. The second-order valence-electron chi connectivity index (χ2n) is 6.73. The highest BCUT2D eigenvalue weighted by atomic mass is 127. The number of nitrogens with one attached hydrogen (secondary N) is 2. The fourth-order valence-corrected chi connectivity index (χ4v) is 3.05. The molecule has 1 saturated carbocycles. The summed E-state index contributed by atoms with van der Waals surface area (Å²) in [5, 5.41) is 6.97. The van der Waals surface area contributed by atoms with Crippen molar-refractivity contribution < 1.29 is 0 Å². The lowest BCUT2D eigenvalue weighted by atomic mass is 9.96. The van der Waals surface area contributed by atoms with Crippen molar-refractivity contribution >= 4 is 29.9 Å². The van der Waals surface area contributed by atoms with Gasteiger partial charge >= 0.3 is 0 Å². The highest BCUT2D eigenvalue weighted by Crippen LogP contribution is 2.17. The first-order valence-electron chi connectivity index (χ1n) is 8.94. The molecule has 0 bridgehead atoms. The van der Waals surface area contributed by atoms with Crippen LogP contribution >= 0.6 is 24.0 Å². The Hall–Kier alpha value is -0.820. The van der Waals surface area contributed by atoms with E-state index in [9.17, 15) is 0 Å². The Bertz CT molecular complexity index is 479. The molecule has 1 aliphatic carbocycles. The number of aliphatic imine (C=N–C) groups is 1. The topological polar surface area (TPSA) is 39.7 Å². The molecule has 1 aliphatic rings. The molecule has 2 N–H and O–H groups in total. The van der Waals surface area contributed by atoms with Gasteiger partial charge in [-0.25, -0.2) is 4.99 Å². The van der Waals surface area contributed by atoms with Gasteiger partial charge in [-0.3, -0.25) is 0 Å². The Morgan fingerprint density at radius 2 is 1.71 bits per heavy atom. The van der Waals surface area contributed by atoms with E-state index in [4.69, 9.17) is 4.99 Å². The van der Waals surface area contributed by atoms with Gasteiger partial charge in [-0.1, -0.05) is 43.5 Å². The van der Waals surface area contributed by atoms with Crippen molar-refractivity contribution in [2.75, 3.05) is 20.6 Å². The van der Waals surface area contributed by atoms with Crippen LogP contribution in [0.4, 0.5) is 0 Å². The van der Waals surface area contributed by atoms with Crippen molar-refractivity contribution in [2.24, 2.45) is 4.99 Å². The molecular formula is C19H33IN4. The second kappa shape index (κ2) is 11.7. The van der Waals surface area contributed by atoms with Crippen LogP contribution < -0.4 is 10.6 Å². The average Bonchev–Trinajstić information content (AvgIpc) is 2.55. The predicted molar refractivity (Wildman–Crippen MR) is 114 cm³/mol. The van der Waals surface area contributed by atoms with E-state index < -0.39 is 0 Å². The lowest BCUT2D eigenvalue weighted by Gasteiger charge is -2.24. The highest BCUT2D eigenvalue weighted by molar-refractivity contribution is 14.0. The monoisotopic (exact) mass is 444 g/mol. The molecule has 1 aromatic rings. The molecule has 136 valence electrons. The van der Waals surface area contributed by atoms with E-state index in [-0.39, 0.29) is 24.0 Å². The fourth-order valence-electron chi connectivity index (χ4n) is 3.05. The molecule has 5 heteroatoms. The number of hydrogen-bond donors (Lipinski definition) is 2. The van der Waals surface area contributed by atoms with E-state index in [1.165, 1.54) is 43.2 Å². The largest absolute Gasteiger partial charge is 0.357 e. The minimum Gasteiger partial charge on any atom is -0.357 e. The third kappa shape index (κ3) is 7.83. The minimum atomic E-state index is 0. The Morgan fingerprint density at radius 3 is 2.29 bits per heavy atom. The molecule has 1 aromatic carbocycles. The Morgan fingerprint density at radius 1 is 1.08 bits per heavy atom. The zero-order chi connectivity index (χ0) is 16.5. The normalized spacial score (nSPS) is 15.9. The third-order valence-electron chi connectivity index (χ3n) is 4.23. The summed E-state index contributed by atoms with van der Waals surface area (Å²) in [5.74, 6) is 0.955. The first-order valence-corrected chi connectivity index (χ1v) is 8.94. The number of guanidine groups is 1. The van der Waals surface area contributed by atoms with E-state index in [0.717, 1.165) is 25.6 Å². The van der Waals surface area contributed by atoms with E-state index in [0.29, 0.717) is 6.04 Å². The maximum absolute atomic E-state index is 4.75. The van der Waals surface area contributed by atoms with Gasteiger partial charge in [-0.2, -0.15) is 0 Å². The molecule has 0 aliphatic heterocycles. The zero-order valence-corrected chi connectivity index (χ0v) is 17.7. The van der Waals surface area contributed by atoms with Crippen LogP contribution in [0.3, 0.4) is 0 Å². The third-order valence-corrected chi connectivity index (χ3v) is 4.23. The Kier molecular flexibility index (Phi) is 10.3. The molecule has 0 spiro atoms. The van der Waals surface area contributed by atoms with Crippen LogP contribution in [0.1, 0.15) is 50.2 Å². The van der Waals surface area contributed by atoms with Gasteiger partial charge in [-0.15, -0.1) is 24.0 Å². The number of nitrogens with zero attached hydrogens (tertiary/aromatic N) is 2. The van der Waals surface area contributed by atoms with Gasteiger partial charge < -0.3 is 15.5 Å². The van der Waals surface area contributed by atoms with Crippen molar-refractivity contribution in [3.05, 3.63) is 35.4 Å². The maximum atomic E-state index is 4.75. The van der Waals surface area contributed by atoms with E-state index in [1.54, 1.807) is 0 Å². The maximum Gasteiger partial charge on any atom is 0.191 e. The summed E-state index contributed by atoms with van der Waals surface area (Å²) < 4.78 is 0. The van der Waals surface area contributed by atoms with E-state index in [2.05, 4.69) is 60.8 Å². The van der Waals surface area contributed by atoms with Crippen LogP contribution in [0.5, 0.6) is 0 Å². The molecule has 1 fully saturated rings. The van der Waals surface area contributed by atoms with E-state index >= 15 is 0 Å². The highest BCUT2D eigenvalue weighted by Gasteiger charge is 2.14. The van der Waals surface area contributed by atoms with Crippen molar-refractivity contribution in [2.45, 2.75) is 58.2 Å². The summed E-state index contributed by atoms with van der Waals surface area (Å²) in [5.41, 5.74) is 2.60. The summed E-state index contributed by atoms with van der Waals surface area (Å²) in [6.45, 7) is 4.73. The first kappa shape index (κ1) is 21.2. The van der Waals surface area contributed by atoms with Crippen LogP contribution in [-0.2, 0) is 13.1 Å². The Labute approximate surface area is 164 Å². The zero-order valence-electron chi connectivity index (χ0n) is 15.3. The number of hydrogen-bond acceptors (Lipinski definition) is 2. The van der Waals surface area contributed by atoms with Gasteiger partial charge in [0, 0.05) is 19.1 Å². The molecule has 0 radical (unpaired) electrons. The van der Waals surface area contributed by atoms with Crippen LogP contribution in [0, 0.1) is 0 Å². The molecule has 2 rings (SSSR count). The fraction of sp³-hybridized carbons (Fsp3) is 0.632. The van der Waals surface area contributed by atoms with Crippen molar-refractivity contribution in [1.29, 1.82) is 0 Å². The molecular weight excluding hydrogens is 411 g/mol. The van der Waals surface area contributed by atoms with Crippen LogP contribution in [0.15, 0.2) is 29.3 Å². The molecule has 0 saturated heterocycles. The molecule has 0 unspecified atom stereocenters. The van der Waals surface area contributed by atoms with Gasteiger partial charge in [-0.05, 0) is 45.0 Å².